The lowest BCUT2D eigenvalue weighted by Crippen LogP contribution is -2.48. The Morgan fingerprint density at radius 1 is 1.88 bits per heavy atom. The summed E-state index contributed by atoms with van der Waals surface area (Å²) >= 11 is 0. The average Bonchev–Trinajstić information content (AvgIpc) is 1.65. The van der Waals surface area contributed by atoms with Crippen LogP contribution in [0.2, 0.25) is 0 Å². The van der Waals surface area contributed by atoms with Crippen LogP contribution in [0.4, 0.5) is 0 Å². The summed E-state index contributed by atoms with van der Waals surface area (Å²) in [5.74, 6) is 0. The molecule has 3 heteroatoms. The number of hydrogen-bond donors (Lipinski definition) is 2. The molecule has 0 radical (unpaired) electrons. The van der Waals surface area contributed by atoms with E-state index in [0.717, 1.165) is 6.42 Å². The smallest absolute Gasteiger partial charge is 0.429 e. The molecule has 1 atom stereocenters. The molecule has 0 amide bonds. The Morgan fingerprint density at radius 2 is 2.38 bits per heavy atom. The van der Waals surface area contributed by atoms with Gasteiger partial charge in [0.05, 0.1) is 0 Å². The highest BCUT2D eigenvalue weighted by Gasteiger charge is 2.01. The van der Waals surface area contributed by atoms with Gasteiger partial charge in [0, 0.05) is 0 Å². The summed E-state index contributed by atoms with van der Waals surface area (Å²) in [7, 11) is 0. The van der Waals surface area contributed by atoms with Crippen LogP contribution in [0, 0.1) is 0 Å². The molecular formula is C5H13N2O+. The molecular weight excluding hydrogens is 104 g/mol. The highest BCUT2D eigenvalue weighted by atomic mass is 16.5. The summed E-state index contributed by atoms with van der Waals surface area (Å²) in [6.45, 7) is 3.92. The van der Waals surface area contributed by atoms with E-state index in [-0.39, 0.29) is 12.1 Å². The van der Waals surface area contributed by atoms with E-state index in [1.807, 2.05) is 13.8 Å². The zero-order chi connectivity index (χ0) is 6.57. The van der Waals surface area contributed by atoms with Crippen molar-refractivity contribution in [3.05, 3.63) is 0 Å². The molecule has 0 rings (SSSR count). The predicted molar refractivity (Wildman–Crippen MR) is 32.0 cm³/mol. The molecule has 0 aromatic rings. The van der Waals surface area contributed by atoms with Gasteiger partial charge >= 0.3 is 6.02 Å². The van der Waals surface area contributed by atoms with Crippen LogP contribution < -0.4 is 11.1 Å². The molecule has 0 aliphatic carbocycles. The molecule has 0 saturated carbocycles. The van der Waals surface area contributed by atoms with Crippen LogP contribution in [0.3, 0.4) is 0 Å². The van der Waals surface area contributed by atoms with Gasteiger partial charge in [-0.3, -0.25) is 11.1 Å². The molecule has 0 bridgehead atoms. The minimum Gasteiger partial charge on any atom is -0.429 e. The van der Waals surface area contributed by atoms with E-state index in [1.54, 1.807) is 0 Å². The van der Waals surface area contributed by atoms with Gasteiger partial charge in [0.15, 0.2) is 0 Å². The maximum absolute atomic E-state index is 5.04. The fourth-order valence-corrected chi connectivity index (χ4v) is 0.316. The summed E-state index contributed by atoms with van der Waals surface area (Å²) in [6, 6.07) is 0.0550. The molecule has 0 aromatic heterocycles. The maximum Gasteiger partial charge on any atom is 0.437 e. The van der Waals surface area contributed by atoms with Crippen LogP contribution in [-0.4, -0.2) is 12.1 Å². The third-order valence-electron chi connectivity index (χ3n) is 0.912. The second-order valence-corrected chi connectivity index (χ2v) is 1.74. The lowest BCUT2D eigenvalue weighted by Gasteiger charge is -2.04. The first-order chi connectivity index (χ1) is 3.66. The van der Waals surface area contributed by atoms with E-state index in [2.05, 4.69) is 0 Å². The molecule has 0 saturated heterocycles. The normalized spacial score (nSPS) is 12.8. The van der Waals surface area contributed by atoms with Gasteiger partial charge in [-0.1, -0.05) is 6.92 Å². The quantitative estimate of drug-likeness (QED) is 0.355. The first-order valence-electron chi connectivity index (χ1n) is 2.71. The van der Waals surface area contributed by atoms with Gasteiger partial charge in [-0.15, -0.1) is 0 Å². The minimum absolute atomic E-state index is 0.0550. The first-order valence-corrected chi connectivity index (χ1v) is 2.71. The Kier molecular flexibility index (Phi) is 2.99. The van der Waals surface area contributed by atoms with Crippen molar-refractivity contribution < 1.29 is 10.1 Å². The van der Waals surface area contributed by atoms with Crippen molar-refractivity contribution in [2.45, 2.75) is 26.4 Å². The van der Waals surface area contributed by atoms with E-state index < -0.39 is 0 Å². The molecule has 1 unspecified atom stereocenters. The van der Waals surface area contributed by atoms with Crippen molar-refractivity contribution in [1.82, 2.24) is 0 Å². The van der Waals surface area contributed by atoms with Crippen LogP contribution in [0.5, 0.6) is 0 Å². The SMILES string of the molecule is CCC(C)OC(N)=[NH2+]. The zero-order valence-electron chi connectivity index (χ0n) is 5.35. The van der Waals surface area contributed by atoms with Crippen molar-refractivity contribution in [3.63, 3.8) is 0 Å². The second-order valence-electron chi connectivity index (χ2n) is 1.74. The predicted octanol–water partition coefficient (Wildman–Crippen LogP) is -1.12. The van der Waals surface area contributed by atoms with Crippen molar-refractivity contribution in [3.8, 4) is 0 Å². The number of ether oxygens (including phenoxy) is 1. The Morgan fingerprint density at radius 3 is 2.50 bits per heavy atom. The largest absolute Gasteiger partial charge is 0.437 e. The van der Waals surface area contributed by atoms with E-state index >= 15 is 0 Å². The van der Waals surface area contributed by atoms with Crippen LogP contribution in [0.25, 0.3) is 0 Å². The van der Waals surface area contributed by atoms with Gasteiger partial charge in [0.1, 0.15) is 6.10 Å². The minimum atomic E-state index is 0.0550. The molecule has 0 aliphatic rings. The van der Waals surface area contributed by atoms with Gasteiger partial charge in [-0.05, 0) is 13.3 Å². The summed E-state index contributed by atoms with van der Waals surface area (Å²) in [5, 5.41) is 5.04. The zero-order valence-corrected chi connectivity index (χ0v) is 5.35. The molecule has 0 heterocycles. The van der Waals surface area contributed by atoms with Gasteiger partial charge in [-0.2, -0.15) is 0 Å². The van der Waals surface area contributed by atoms with E-state index in [0.29, 0.717) is 0 Å². The molecule has 0 spiro atoms. The molecule has 8 heavy (non-hydrogen) atoms. The highest BCUT2D eigenvalue weighted by molar-refractivity contribution is 5.64. The standard InChI is InChI=1S/C5H12N2O/c1-3-4(2)8-5(6)7/h4H,3H2,1-2H3,(H3,6,7)/p+1. The summed E-state index contributed by atoms with van der Waals surface area (Å²) in [6.07, 6.45) is 1.07. The molecule has 0 aromatic carbocycles. The van der Waals surface area contributed by atoms with Gasteiger partial charge in [0.2, 0.25) is 0 Å². The Hall–Kier alpha value is -0.730. The van der Waals surface area contributed by atoms with Crippen molar-refractivity contribution in [2.75, 3.05) is 0 Å². The molecule has 0 aliphatic heterocycles. The molecule has 48 valence electrons. The van der Waals surface area contributed by atoms with Crippen LogP contribution in [-0.2, 0) is 4.74 Å². The van der Waals surface area contributed by atoms with Gasteiger partial charge in [0.25, 0.3) is 0 Å². The monoisotopic (exact) mass is 117 g/mol. The summed E-state index contributed by atoms with van der Waals surface area (Å²) in [4.78, 5) is 0. The van der Waals surface area contributed by atoms with Gasteiger partial charge < -0.3 is 4.74 Å². The average molecular weight is 117 g/mol. The topological polar surface area (TPSA) is 60.8 Å². The Bertz CT molecular complexity index is 82.5. The van der Waals surface area contributed by atoms with E-state index in [4.69, 9.17) is 15.9 Å². The first kappa shape index (κ1) is 7.27. The number of nitrogens with two attached hydrogens (primary N) is 2. The second kappa shape index (κ2) is 3.29. The molecule has 4 N–H and O–H groups in total. The third kappa shape index (κ3) is 3.46. The maximum atomic E-state index is 5.04. The third-order valence-corrected chi connectivity index (χ3v) is 0.912. The lowest BCUT2D eigenvalue weighted by molar-refractivity contribution is -0.146. The van der Waals surface area contributed by atoms with E-state index in [1.165, 1.54) is 0 Å². The highest BCUT2D eigenvalue weighted by Crippen LogP contribution is 1.91. The summed E-state index contributed by atoms with van der Waals surface area (Å²) in [5.41, 5.74) is 5.04. The number of rotatable bonds is 2. The van der Waals surface area contributed by atoms with Crippen molar-refractivity contribution >= 4 is 6.02 Å². The lowest BCUT2D eigenvalue weighted by atomic mass is 10.3. The van der Waals surface area contributed by atoms with Crippen LogP contribution in [0.15, 0.2) is 0 Å². The fraction of sp³-hybridized carbons (Fsp3) is 0.800. The van der Waals surface area contributed by atoms with Crippen LogP contribution >= 0.6 is 0 Å². The van der Waals surface area contributed by atoms with E-state index in [9.17, 15) is 0 Å². The van der Waals surface area contributed by atoms with Crippen molar-refractivity contribution in [1.29, 1.82) is 0 Å². The molecule has 3 nitrogen and oxygen atoms in total. The molecule has 0 fully saturated rings. The van der Waals surface area contributed by atoms with Gasteiger partial charge in [-0.25, -0.2) is 0 Å². The number of hydrogen-bond acceptors (Lipinski definition) is 1. The Labute approximate surface area is 49.3 Å². The summed E-state index contributed by atoms with van der Waals surface area (Å²) < 4.78 is 4.87. The van der Waals surface area contributed by atoms with Crippen molar-refractivity contribution in [2.24, 2.45) is 5.73 Å². The number of amidine groups is 1. The van der Waals surface area contributed by atoms with Crippen LogP contribution in [0.1, 0.15) is 20.3 Å². The fourth-order valence-electron chi connectivity index (χ4n) is 0.316. The Balaban J connectivity index is 3.24.